The van der Waals surface area contributed by atoms with Crippen molar-refractivity contribution in [3.63, 3.8) is 0 Å². The van der Waals surface area contributed by atoms with Gasteiger partial charge >= 0.3 is 0 Å². The zero-order valence-electron chi connectivity index (χ0n) is 11.3. The van der Waals surface area contributed by atoms with Crippen LogP contribution in [0.5, 0.6) is 0 Å². The SMILES string of the molecule is Cc1ccc(S(=O)(=O)N[C@H]2CCn3nccc3C2)cc1. The quantitative estimate of drug-likeness (QED) is 0.931. The first-order valence-electron chi connectivity index (χ1n) is 6.64. The lowest BCUT2D eigenvalue weighted by atomic mass is 10.1. The number of sulfonamides is 1. The Bertz CT molecular complexity index is 704. The van der Waals surface area contributed by atoms with Gasteiger partial charge in [-0.2, -0.15) is 5.10 Å². The van der Waals surface area contributed by atoms with Crippen molar-refractivity contribution in [2.45, 2.75) is 37.2 Å². The molecule has 2 heterocycles. The molecule has 5 nitrogen and oxygen atoms in total. The van der Waals surface area contributed by atoms with E-state index in [0.717, 1.165) is 24.2 Å². The van der Waals surface area contributed by atoms with Gasteiger partial charge in [-0.1, -0.05) is 17.7 Å². The fourth-order valence-corrected chi connectivity index (χ4v) is 3.74. The molecule has 6 heteroatoms. The molecule has 1 aromatic heterocycles. The van der Waals surface area contributed by atoms with E-state index in [1.54, 1.807) is 18.3 Å². The summed E-state index contributed by atoms with van der Waals surface area (Å²) < 4.78 is 29.4. The third-order valence-corrected chi connectivity index (χ3v) is 5.14. The van der Waals surface area contributed by atoms with Gasteiger partial charge in [-0.3, -0.25) is 4.68 Å². The molecule has 3 rings (SSSR count). The summed E-state index contributed by atoms with van der Waals surface area (Å²) in [6.45, 7) is 2.69. The van der Waals surface area contributed by atoms with Crippen LogP contribution < -0.4 is 4.72 Å². The fraction of sp³-hybridized carbons (Fsp3) is 0.357. The number of nitrogens with one attached hydrogen (secondary N) is 1. The van der Waals surface area contributed by atoms with E-state index in [1.165, 1.54) is 0 Å². The lowest BCUT2D eigenvalue weighted by Crippen LogP contribution is -2.40. The zero-order valence-corrected chi connectivity index (χ0v) is 12.1. The predicted molar refractivity (Wildman–Crippen MR) is 75.8 cm³/mol. The molecular formula is C14H17N3O2S. The minimum Gasteiger partial charge on any atom is -0.269 e. The molecule has 0 aliphatic carbocycles. The molecule has 0 radical (unpaired) electrons. The van der Waals surface area contributed by atoms with Crippen LogP contribution in [-0.2, 0) is 23.0 Å². The lowest BCUT2D eigenvalue weighted by molar-refractivity contribution is 0.414. The van der Waals surface area contributed by atoms with Crippen molar-refractivity contribution in [3.05, 3.63) is 47.8 Å². The van der Waals surface area contributed by atoms with Crippen LogP contribution in [0, 0.1) is 6.92 Å². The Morgan fingerprint density at radius 3 is 2.75 bits per heavy atom. The second-order valence-corrected chi connectivity index (χ2v) is 6.88. The average molecular weight is 291 g/mol. The summed E-state index contributed by atoms with van der Waals surface area (Å²) in [4.78, 5) is 0.321. The molecule has 1 aliphatic rings. The van der Waals surface area contributed by atoms with E-state index in [4.69, 9.17) is 0 Å². The fourth-order valence-electron chi connectivity index (χ4n) is 2.47. The maximum absolute atomic E-state index is 12.3. The average Bonchev–Trinajstić information content (AvgIpc) is 2.86. The van der Waals surface area contributed by atoms with Gasteiger partial charge < -0.3 is 0 Å². The summed E-state index contributed by atoms with van der Waals surface area (Å²) >= 11 is 0. The molecule has 0 unspecified atom stereocenters. The van der Waals surface area contributed by atoms with E-state index in [0.29, 0.717) is 11.3 Å². The van der Waals surface area contributed by atoms with Crippen molar-refractivity contribution in [1.29, 1.82) is 0 Å². The van der Waals surface area contributed by atoms with Gasteiger partial charge in [-0.25, -0.2) is 13.1 Å². The second-order valence-electron chi connectivity index (χ2n) is 5.17. The van der Waals surface area contributed by atoms with E-state index in [-0.39, 0.29) is 6.04 Å². The summed E-state index contributed by atoms with van der Waals surface area (Å²) in [5.74, 6) is 0. The number of nitrogens with zero attached hydrogens (tertiary/aromatic N) is 2. The second kappa shape index (κ2) is 5.03. The van der Waals surface area contributed by atoms with Crippen molar-refractivity contribution in [2.24, 2.45) is 0 Å². The Kier molecular flexibility index (Phi) is 3.35. The summed E-state index contributed by atoms with van der Waals surface area (Å²) in [5, 5.41) is 4.19. The highest BCUT2D eigenvalue weighted by atomic mass is 32.2. The molecule has 0 saturated carbocycles. The van der Waals surface area contributed by atoms with Gasteiger partial charge in [0.1, 0.15) is 0 Å². The number of aryl methyl sites for hydroxylation is 2. The number of fused-ring (bicyclic) bond motifs is 1. The number of hydrogen-bond donors (Lipinski definition) is 1. The smallest absolute Gasteiger partial charge is 0.240 e. The number of rotatable bonds is 3. The molecule has 0 spiro atoms. The van der Waals surface area contributed by atoms with Gasteiger partial charge in [0, 0.05) is 30.9 Å². The first kappa shape index (κ1) is 13.3. The summed E-state index contributed by atoms with van der Waals surface area (Å²) in [6, 6.07) is 8.78. The molecule has 2 aromatic rings. The molecule has 20 heavy (non-hydrogen) atoms. The molecule has 0 bridgehead atoms. The monoisotopic (exact) mass is 291 g/mol. The van der Waals surface area contributed by atoms with E-state index >= 15 is 0 Å². The van der Waals surface area contributed by atoms with Crippen molar-refractivity contribution in [2.75, 3.05) is 0 Å². The molecule has 106 valence electrons. The minimum atomic E-state index is -3.44. The topological polar surface area (TPSA) is 64.0 Å². The van der Waals surface area contributed by atoms with Crippen LogP contribution in [-0.4, -0.2) is 24.2 Å². The summed E-state index contributed by atoms with van der Waals surface area (Å²) in [5.41, 5.74) is 2.12. The van der Waals surface area contributed by atoms with Crippen LogP contribution in [0.3, 0.4) is 0 Å². The van der Waals surface area contributed by atoms with Crippen molar-refractivity contribution >= 4 is 10.0 Å². The summed E-state index contributed by atoms with van der Waals surface area (Å²) in [6.07, 6.45) is 3.21. The first-order valence-corrected chi connectivity index (χ1v) is 8.12. The Hall–Kier alpha value is -1.66. The maximum atomic E-state index is 12.3. The Morgan fingerprint density at radius 2 is 2.00 bits per heavy atom. The molecule has 0 amide bonds. The third kappa shape index (κ3) is 2.62. The van der Waals surface area contributed by atoms with Gasteiger partial charge in [-0.05, 0) is 31.5 Å². The Balaban J connectivity index is 1.76. The highest BCUT2D eigenvalue weighted by molar-refractivity contribution is 7.89. The van der Waals surface area contributed by atoms with Crippen LogP contribution in [0.2, 0.25) is 0 Å². The lowest BCUT2D eigenvalue weighted by Gasteiger charge is -2.24. The molecular weight excluding hydrogens is 274 g/mol. The number of aromatic nitrogens is 2. The zero-order chi connectivity index (χ0) is 14.2. The van der Waals surface area contributed by atoms with Crippen LogP contribution in [0.4, 0.5) is 0 Å². The Morgan fingerprint density at radius 1 is 1.25 bits per heavy atom. The molecule has 0 fully saturated rings. The van der Waals surface area contributed by atoms with Gasteiger partial charge in [0.2, 0.25) is 10.0 Å². The molecule has 1 N–H and O–H groups in total. The van der Waals surface area contributed by atoms with Crippen LogP contribution in [0.25, 0.3) is 0 Å². The van der Waals surface area contributed by atoms with E-state index < -0.39 is 10.0 Å². The summed E-state index contributed by atoms with van der Waals surface area (Å²) in [7, 11) is -3.44. The van der Waals surface area contributed by atoms with Gasteiger partial charge in [-0.15, -0.1) is 0 Å². The van der Waals surface area contributed by atoms with Crippen molar-refractivity contribution in [1.82, 2.24) is 14.5 Å². The standard InChI is InChI=1S/C14H17N3O2S/c1-11-2-4-14(5-3-11)20(18,19)16-12-7-9-17-13(10-12)6-8-15-17/h2-6,8,12,16H,7,9-10H2,1H3/t12-/m0/s1. The van der Waals surface area contributed by atoms with Gasteiger partial charge in [0.15, 0.2) is 0 Å². The third-order valence-electron chi connectivity index (χ3n) is 3.60. The van der Waals surface area contributed by atoms with Crippen molar-refractivity contribution in [3.8, 4) is 0 Å². The predicted octanol–water partition coefficient (Wildman–Crippen LogP) is 1.48. The van der Waals surface area contributed by atoms with Crippen LogP contribution in [0.1, 0.15) is 17.7 Å². The largest absolute Gasteiger partial charge is 0.269 e. The molecule has 1 aromatic carbocycles. The van der Waals surface area contributed by atoms with Crippen LogP contribution >= 0.6 is 0 Å². The number of benzene rings is 1. The van der Waals surface area contributed by atoms with E-state index in [2.05, 4.69) is 9.82 Å². The van der Waals surface area contributed by atoms with Gasteiger partial charge in [0.25, 0.3) is 0 Å². The molecule has 1 aliphatic heterocycles. The normalized spacial score (nSPS) is 18.8. The highest BCUT2D eigenvalue weighted by Gasteiger charge is 2.24. The molecule has 1 atom stereocenters. The minimum absolute atomic E-state index is 0.0643. The first-order chi connectivity index (χ1) is 9.54. The van der Waals surface area contributed by atoms with Gasteiger partial charge in [0.05, 0.1) is 4.90 Å². The Labute approximate surface area is 118 Å². The molecule has 0 saturated heterocycles. The highest BCUT2D eigenvalue weighted by Crippen LogP contribution is 2.17. The van der Waals surface area contributed by atoms with E-state index in [9.17, 15) is 8.42 Å². The number of hydrogen-bond acceptors (Lipinski definition) is 3. The maximum Gasteiger partial charge on any atom is 0.240 e. The van der Waals surface area contributed by atoms with Crippen molar-refractivity contribution < 1.29 is 8.42 Å². The van der Waals surface area contributed by atoms with Crippen LogP contribution in [0.15, 0.2) is 41.4 Å². The van der Waals surface area contributed by atoms with E-state index in [1.807, 2.05) is 29.8 Å².